The van der Waals surface area contributed by atoms with Crippen molar-refractivity contribution in [1.29, 1.82) is 0 Å². The lowest BCUT2D eigenvalue weighted by atomic mass is 10.1. The number of carbonyl (C=O) groups is 2. The van der Waals surface area contributed by atoms with Crippen LogP contribution in [-0.2, 0) is 6.61 Å². The first-order valence-corrected chi connectivity index (χ1v) is 5.71. The molecule has 0 spiro atoms. The number of aliphatic hydroxyl groups excluding tert-OH is 1. The van der Waals surface area contributed by atoms with Gasteiger partial charge in [0.15, 0.2) is 0 Å². The number of nitrogens with zero attached hydrogens (tertiary/aromatic N) is 2. The zero-order chi connectivity index (χ0) is 13.3. The maximum Gasteiger partial charge on any atom is 0.272 e. The van der Waals surface area contributed by atoms with Crippen LogP contribution in [0.5, 0.6) is 0 Å². The predicted octanol–water partition coefficient (Wildman–Crippen LogP) is -0.0928. The first-order chi connectivity index (χ1) is 8.52. The third-order valence-electron chi connectivity index (χ3n) is 2.96. The van der Waals surface area contributed by atoms with Gasteiger partial charge in [0.25, 0.3) is 5.91 Å². The molecule has 1 fully saturated rings. The average molecular weight is 249 g/mol. The number of primary amides is 1. The van der Waals surface area contributed by atoms with Crippen molar-refractivity contribution in [3.8, 4) is 0 Å². The Labute approximate surface area is 104 Å². The van der Waals surface area contributed by atoms with Crippen molar-refractivity contribution in [2.24, 2.45) is 5.73 Å². The summed E-state index contributed by atoms with van der Waals surface area (Å²) in [5.74, 6) is -0.898. The Morgan fingerprint density at radius 3 is 2.67 bits per heavy atom. The van der Waals surface area contributed by atoms with Crippen molar-refractivity contribution in [2.75, 3.05) is 7.05 Å². The smallest absolute Gasteiger partial charge is 0.272 e. The lowest BCUT2D eigenvalue weighted by molar-refractivity contribution is 0.0778. The van der Waals surface area contributed by atoms with Gasteiger partial charge in [-0.05, 0) is 25.0 Å². The van der Waals surface area contributed by atoms with Gasteiger partial charge >= 0.3 is 0 Å². The van der Waals surface area contributed by atoms with Crippen molar-refractivity contribution in [3.05, 3.63) is 29.1 Å². The number of carbonyl (C=O) groups excluding carboxylic acids is 2. The molecule has 3 N–H and O–H groups in total. The van der Waals surface area contributed by atoms with Gasteiger partial charge in [0.05, 0.1) is 12.3 Å². The van der Waals surface area contributed by atoms with E-state index in [4.69, 9.17) is 10.8 Å². The molecule has 96 valence electrons. The second-order valence-electron chi connectivity index (χ2n) is 4.40. The summed E-state index contributed by atoms with van der Waals surface area (Å²) in [6, 6.07) is 3.01. The molecule has 18 heavy (non-hydrogen) atoms. The molecule has 1 aromatic heterocycles. The lowest BCUT2D eigenvalue weighted by Gasteiger charge is -2.16. The SMILES string of the molecule is CN(C(=O)c1cc(C(N)=O)cc(CO)n1)C1CC1. The van der Waals surface area contributed by atoms with Crippen molar-refractivity contribution >= 4 is 11.8 Å². The summed E-state index contributed by atoms with van der Waals surface area (Å²) in [4.78, 5) is 28.9. The molecule has 0 bridgehead atoms. The molecule has 0 aliphatic heterocycles. The summed E-state index contributed by atoms with van der Waals surface area (Å²) >= 11 is 0. The van der Waals surface area contributed by atoms with E-state index in [2.05, 4.69) is 4.98 Å². The van der Waals surface area contributed by atoms with Gasteiger partial charge in [0.2, 0.25) is 5.91 Å². The number of rotatable bonds is 4. The molecular weight excluding hydrogens is 234 g/mol. The van der Waals surface area contributed by atoms with E-state index in [-0.39, 0.29) is 35.5 Å². The molecule has 2 amide bonds. The summed E-state index contributed by atoms with van der Waals surface area (Å²) < 4.78 is 0. The molecule has 6 heteroatoms. The molecule has 1 heterocycles. The minimum Gasteiger partial charge on any atom is -0.390 e. The fraction of sp³-hybridized carbons (Fsp3) is 0.417. The van der Waals surface area contributed by atoms with Crippen LogP contribution in [-0.4, -0.2) is 39.9 Å². The third kappa shape index (κ3) is 2.48. The van der Waals surface area contributed by atoms with Crippen molar-refractivity contribution in [1.82, 2.24) is 9.88 Å². The molecule has 0 radical (unpaired) electrons. The molecule has 1 aliphatic rings. The molecule has 1 aliphatic carbocycles. The Morgan fingerprint density at radius 1 is 1.50 bits per heavy atom. The molecule has 2 rings (SSSR count). The van der Waals surface area contributed by atoms with Crippen LogP contribution >= 0.6 is 0 Å². The van der Waals surface area contributed by atoms with Crippen LogP contribution in [0.15, 0.2) is 12.1 Å². The summed E-state index contributed by atoms with van der Waals surface area (Å²) in [5.41, 5.74) is 5.77. The highest BCUT2D eigenvalue weighted by atomic mass is 16.3. The summed E-state index contributed by atoms with van der Waals surface area (Å²) in [7, 11) is 1.71. The van der Waals surface area contributed by atoms with Gasteiger partial charge in [-0.2, -0.15) is 0 Å². The number of pyridine rings is 1. The minimum absolute atomic E-state index is 0.143. The molecular formula is C12H15N3O3. The standard InChI is InChI=1S/C12H15N3O3/c1-15(9-2-3-9)12(18)10-5-7(11(13)17)4-8(6-16)14-10/h4-5,9,16H,2-3,6H2,1H3,(H2,13,17). The molecule has 0 saturated heterocycles. The van der Waals surface area contributed by atoms with Gasteiger partial charge in [-0.25, -0.2) is 4.98 Å². The maximum atomic E-state index is 12.1. The van der Waals surface area contributed by atoms with E-state index < -0.39 is 5.91 Å². The number of amides is 2. The van der Waals surface area contributed by atoms with Crippen molar-refractivity contribution in [2.45, 2.75) is 25.5 Å². The molecule has 1 aromatic rings. The zero-order valence-electron chi connectivity index (χ0n) is 10.1. The van der Waals surface area contributed by atoms with Crippen LogP contribution in [0, 0.1) is 0 Å². The number of hydrogen-bond acceptors (Lipinski definition) is 4. The Balaban J connectivity index is 2.33. The van der Waals surface area contributed by atoms with Crippen LogP contribution in [0.2, 0.25) is 0 Å². The molecule has 0 aromatic carbocycles. The van der Waals surface area contributed by atoms with Crippen LogP contribution in [0.4, 0.5) is 0 Å². The number of hydrogen-bond donors (Lipinski definition) is 2. The first kappa shape index (κ1) is 12.5. The van der Waals surface area contributed by atoms with E-state index in [9.17, 15) is 9.59 Å². The normalized spacial score (nSPS) is 14.3. The fourth-order valence-corrected chi connectivity index (χ4v) is 1.73. The molecule has 0 unspecified atom stereocenters. The highest BCUT2D eigenvalue weighted by Crippen LogP contribution is 2.26. The van der Waals surface area contributed by atoms with Gasteiger partial charge in [0.1, 0.15) is 5.69 Å². The van der Waals surface area contributed by atoms with Gasteiger partial charge in [-0.1, -0.05) is 0 Å². The van der Waals surface area contributed by atoms with E-state index in [0.29, 0.717) is 0 Å². The Morgan fingerprint density at radius 2 is 2.17 bits per heavy atom. The topological polar surface area (TPSA) is 96.5 Å². The highest BCUT2D eigenvalue weighted by Gasteiger charge is 2.31. The Hall–Kier alpha value is -1.95. The van der Waals surface area contributed by atoms with E-state index in [0.717, 1.165) is 12.8 Å². The third-order valence-corrected chi connectivity index (χ3v) is 2.96. The summed E-state index contributed by atoms with van der Waals surface area (Å²) in [6.45, 7) is -0.339. The number of aromatic nitrogens is 1. The lowest BCUT2D eigenvalue weighted by Crippen LogP contribution is -2.30. The van der Waals surface area contributed by atoms with Gasteiger partial charge in [-0.15, -0.1) is 0 Å². The zero-order valence-corrected chi connectivity index (χ0v) is 10.1. The predicted molar refractivity (Wildman–Crippen MR) is 63.8 cm³/mol. The van der Waals surface area contributed by atoms with Crippen molar-refractivity contribution < 1.29 is 14.7 Å². The average Bonchev–Trinajstić information content (AvgIpc) is 3.20. The van der Waals surface area contributed by atoms with Gasteiger partial charge < -0.3 is 15.7 Å². The van der Waals surface area contributed by atoms with E-state index in [1.807, 2.05) is 0 Å². The number of nitrogens with two attached hydrogens (primary N) is 1. The van der Waals surface area contributed by atoms with Crippen LogP contribution < -0.4 is 5.73 Å². The Kier molecular flexibility index (Phi) is 3.29. The monoisotopic (exact) mass is 249 g/mol. The molecule has 0 atom stereocenters. The largest absolute Gasteiger partial charge is 0.390 e. The Bertz CT molecular complexity index is 497. The first-order valence-electron chi connectivity index (χ1n) is 5.71. The molecule has 6 nitrogen and oxygen atoms in total. The van der Waals surface area contributed by atoms with E-state index >= 15 is 0 Å². The van der Waals surface area contributed by atoms with Crippen molar-refractivity contribution in [3.63, 3.8) is 0 Å². The van der Waals surface area contributed by atoms with Gasteiger partial charge in [-0.3, -0.25) is 9.59 Å². The van der Waals surface area contributed by atoms with Crippen LogP contribution in [0.25, 0.3) is 0 Å². The van der Waals surface area contributed by atoms with E-state index in [1.165, 1.54) is 12.1 Å². The van der Waals surface area contributed by atoms with E-state index in [1.54, 1.807) is 11.9 Å². The minimum atomic E-state index is -0.643. The number of aliphatic hydroxyl groups is 1. The second kappa shape index (κ2) is 4.73. The summed E-state index contributed by atoms with van der Waals surface area (Å²) in [5, 5.41) is 9.07. The molecule has 1 saturated carbocycles. The quantitative estimate of drug-likeness (QED) is 0.779. The second-order valence-corrected chi connectivity index (χ2v) is 4.40. The van der Waals surface area contributed by atoms with Crippen LogP contribution in [0.1, 0.15) is 39.4 Å². The van der Waals surface area contributed by atoms with Gasteiger partial charge in [0, 0.05) is 18.7 Å². The maximum absolute atomic E-state index is 12.1. The summed E-state index contributed by atoms with van der Waals surface area (Å²) in [6.07, 6.45) is 1.98. The van der Waals surface area contributed by atoms with Crippen LogP contribution in [0.3, 0.4) is 0 Å². The fourth-order valence-electron chi connectivity index (χ4n) is 1.73. The highest BCUT2D eigenvalue weighted by molar-refractivity contribution is 5.98.